The molecule has 7 rings (SSSR count). The number of hydrogen-bond acceptors (Lipinski definition) is 9. The van der Waals surface area contributed by atoms with Gasteiger partial charge in [-0.15, -0.1) is 11.3 Å². The highest BCUT2D eigenvalue weighted by Gasteiger charge is 2.49. The van der Waals surface area contributed by atoms with E-state index in [0.29, 0.717) is 48.2 Å². The number of nitriles is 1. The second kappa shape index (κ2) is 11.7. The monoisotopic (exact) mass is 661 g/mol. The first-order valence-electron chi connectivity index (χ1n) is 15.6. The van der Waals surface area contributed by atoms with Crippen LogP contribution in [0.1, 0.15) is 38.2 Å². The number of hydrogen-bond donors (Lipinski definition) is 1. The molecule has 3 aliphatic heterocycles. The second-order valence-electron chi connectivity index (χ2n) is 12.7. The van der Waals surface area contributed by atoms with Crippen molar-refractivity contribution in [3.8, 4) is 23.2 Å². The maximum atomic E-state index is 16.2. The molecule has 47 heavy (non-hydrogen) atoms. The van der Waals surface area contributed by atoms with Crippen molar-refractivity contribution in [1.82, 2.24) is 19.8 Å². The van der Waals surface area contributed by atoms with Gasteiger partial charge in [0, 0.05) is 48.9 Å². The Morgan fingerprint density at radius 3 is 2.85 bits per heavy atom. The molecule has 3 aliphatic rings. The first-order chi connectivity index (χ1) is 22.5. The molecule has 1 amide bonds. The standard InChI is InChI=1S/C34H34F3N7O2S/c1-4-28(45)44-11-8-27(18(44)2)42(3)32-22-12-25(37)21(20-6-7-24(36)30-29(20)23(15-38)31(39)47-30)13-26(22)40-33(41-32)46-17-34-9-5-10-43(34)16-19(35)14-34/h4,6-7,12-13,18-19,27H,1,5,8-11,14,16-17,39H2,2-3H3/t18?,19-,27?,34+/m1/s1. The summed E-state index contributed by atoms with van der Waals surface area (Å²) in [4.78, 5) is 27.8. The maximum Gasteiger partial charge on any atom is 0.319 e. The predicted molar refractivity (Wildman–Crippen MR) is 176 cm³/mol. The number of anilines is 2. The lowest BCUT2D eigenvalue weighted by Crippen LogP contribution is -2.44. The molecule has 0 bridgehead atoms. The summed E-state index contributed by atoms with van der Waals surface area (Å²) in [6, 6.07) is 7.33. The van der Waals surface area contributed by atoms with E-state index in [1.807, 2.05) is 24.9 Å². The molecule has 244 valence electrons. The third kappa shape index (κ3) is 5.05. The van der Waals surface area contributed by atoms with Gasteiger partial charge in [-0.1, -0.05) is 12.6 Å². The maximum absolute atomic E-state index is 16.2. The van der Waals surface area contributed by atoms with Crippen LogP contribution < -0.4 is 15.4 Å². The molecule has 0 spiro atoms. The van der Waals surface area contributed by atoms with Crippen LogP contribution in [0.2, 0.25) is 0 Å². The van der Waals surface area contributed by atoms with Gasteiger partial charge in [0.05, 0.1) is 27.4 Å². The fourth-order valence-electron chi connectivity index (χ4n) is 7.85. The number of likely N-dealkylation sites (tertiary alicyclic amines) is 1. The molecule has 2 N–H and O–H groups in total. The normalized spacial score (nSPS) is 24.2. The number of carbonyl (C=O) groups excluding carboxylic acids is 1. The Kier molecular flexibility index (Phi) is 7.75. The molecule has 2 unspecified atom stereocenters. The molecule has 2 aromatic carbocycles. The summed E-state index contributed by atoms with van der Waals surface area (Å²) in [5, 5.41) is 10.6. The van der Waals surface area contributed by atoms with Gasteiger partial charge in [0.2, 0.25) is 5.91 Å². The summed E-state index contributed by atoms with van der Waals surface area (Å²) >= 11 is 0.942. The number of nitrogens with zero attached hydrogens (tertiary/aromatic N) is 6. The van der Waals surface area contributed by atoms with Crippen LogP contribution in [-0.2, 0) is 4.79 Å². The smallest absolute Gasteiger partial charge is 0.319 e. The molecule has 13 heteroatoms. The quantitative estimate of drug-likeness (QED) is 0.247. The molecule has 0 radical (unpaired) electrons. The Balaban J connectivity index is 1.35. The van der Waals surface area contributed by atoms with Gasteiger partial charge in [0.1, 0.15) is 41.3 Å². The molecule has 2 aromatic heterocycles. The summed E-state index contributed by atoms with van der Waals surface area (Å²) in [5.41, 5.74) is 6.50. The lowest BCUT2D eigenvalue weighted by atomic mass is 9.95. The average Bonchev–Trinajstić information content (AvgIpc) is 3.79. The Hall–Kier alpha value is -4.41. The highest BCUT2D eigenvalue weighted by molar-refractivity contribution is 7.23. The van der Waals surface area contributed by atoms with E-state index in [-0.39, 0.29) is 56.8 Å². The van der Waals surface area contributed by atoms with Gasteiger partial charge in [-0.3, -0.25) is 9.69 Å². The van der Waals surface area contributed by atoms with Crippen molar-refractivity contribution in [3.63, 3.8) is 0 Å². The van der Waals surface area contributed by atoms with E-state index in [2.05, 4.69) is 11.5 Å². The number of thiophene rings is 1. The number of rotatable bonds is 7. The number of nitrogen functional groups attached to an aromatic ring is 1. The van der Waals surface area contributed by atoms with E-state index in [0.717, 1.165) is 30.7 Å². The number of fused-ring (bicyclic) bond motifs is 3. The van der Waals surface area contributed by atoms with E-state index in [1.54, 1.807) is 11.0 Å². The average molecular weight is 662 g/mol. The minimum absolute atomic E-state index is 0.0619. The van der Waals surface area contributed by atoms with Crippen LogP contribution >= 0.6 is 11.3 Å². The fraction of sp³-hybridized carbons (Fsp3) is 0.412. The number of aromatic nitrogens is 2. The minimum Gasteiger partial charge on any atom is -0.461 e. The van der Waals surface area contributed by atoms with Crippen molar-refractivity contribution >= 4 is 49.1 Å². The number of alkyl halides is 1. The highest BCUT2D eigenvalue weighted by atomic mass is 32.1. The summed E-state index contributed by atoms with van der Waals surface area (Å²) in [6.45, 7) is 7.49. The van der Waals surface area contributed by atoms with Gasteiger partial charge in [0.15, 0.2) is 0 Å². The lowest BCUT2D eigenvalue weighted by Gasteiger charge is -2.33. The molecule has 0 aliphatic carbocycles. The van der Waals surface area contributed by atoms with Crippen molar-refractivity contribution in [1.29, 1.82) is 5.26 Å². The van der Waals surface area contributed by atoms with Crippen LogP contribution in [0.25, 0.3) is 32.1 Å². The Morgan fingerprint density at radius 2 is 2.09 bits per heavy atom. The molecule has 4 atom stereocenters. The predicted octanol–water partition coefficient (Wildman–Crippen LogP) is 5.81. The minimum atomic E-state index is -0.925. The van der Waals surface area contributed by atoms with Crippen LogP contribution in [0.5, 0.6) is 6.01 Å². The zero-order chi connectivity index (χ0) is 33.2. The number of amides is 1. The van der Waals surface area contributed by atoms with Gasteiger partial charge >= 0.3 is 6.01 Å². The zero-order valence-corrected chi connectivity index (χ0v) is 26.9. The molecule has 3 fully saturated rings. The highest BCUT2D eigenvalue weighted by Crippen LogP contribution is 2.44. The number of benzene rings is 2. The topological polar surface area (TPSA) is 112 Å². The van der Waals surface area contributed by atoms with Gasteiger partial charge in [-0.2, -0.15) is 15.2 Å². The largest absolute Gasteiger partial charge is 0.461 e. The molecule has 3 saturated heterocycles. The van der Waals surface area contributed by atoms with Crippen LogP contribution in [0, 0.1) is 23.0 Å². The third-order valence-electron chi connectivity index (χ3n) is 10.2. The molecular weight excluding hydrogens is 627 g/mol. The number of nitrogens with two attached hydrogens (primary N) is 1. The van der Waals surface area contributed by atoms with Crippen molar-refractivity contribution in [2.75, 3.05) is 43.9 Å². The Morgan fingerprint density at radius 1 is 1.28 bits per heavy atom. The van der Waals surface area contributed by atoms with Crippen LogP contribution in [-0.4, -0.2) is 82.8 Å². The van der Waals surface area contributed by atoms with Gasteiger partial charge in [0.25, 0.3) is 0 Å². The number of halogens is 3. The van der Waals surface area contributed by atoms with Gasteiger partial charge < -0.3 is 20.3 Å². The third-order valence-corrected chi connectivity index (χ3v) is 11.2. The summed E-state index contributed by atoms with van der Waals surface area (Å²) < 4.78 is 52.0. The first-order valence-corrected chi connectivity index (χ1v) is 16.5. The Labute approximate surface area is 274 Å². The number of ether oxygens (including phenoxy) is 1. The van der Waals surface area contributed by atoms with Crippen LogP contribution in [0.3, 0.4) is 0 Å². The van der Waals surface area contributed by atoms with Gasteiger partial charge in [-0.25, -0.2) is 13.2 Å². The summed E-state index contributed by atoms with van der Waals surface area (Å²) in [6.07, 6.45) is 3.16. The lowest BCUT2D eigenvalue weighted by molar-refractivity contribution is -0.126. The zero-order valence-electron chi connectivity index (χ0n) is 26.1. The van der Waals surface area contributed by atoms with E-state index in [9.17, 15) is 18.8 Å². The second-order valence-corrected chi connectivity index (χ2v) is 13.8. The molecule has 5 heterocycles. The number of likely N-dealkylation sites (N-methyl/N-ethyl adjacent to an activating group) is 1. The van der Waals surface area contributed by atoms with Crippen molar-refractivity contribution in [2.24, 2.45) is 0 Å². The van der Waals surface area contributed by atoms with E-state index < -0.39 is 23.3 Å². The molecular formula is C34H34F3N7O2S. The van der Waals surface area contributed by atoms with Crippen molar-refractivity contribution in [3.05, 3.63) is 54.1 Å². The van der Waals surface area contributed by atoms with E-state index >= 15 is 4.39 Å². The van der Waals surface area contributed by atoms with Crippen LogP contribution in [0.15, 0.2) is 36.9 Å². The van der Waals surface area contributed by atoms with Crippen LogP contribution in [0.4, 0.5) is 24.0 Å². The first kappa shape index (κ1) is 31.2. The molecule has 4 aromatic rings. The van der Waals surface area contributed by atoms with Crippen molar-refractivity contribution in [2.45, 2.75) is 56.4 Å². The fourth-order valence-corrected chi connectivity index (χ4v) is 8.80. The SMILES string of the molecule is C=CC(=O)N1CCC(N(C)c2nc(OC[C@@]34CCCN3C[C@H](F)C4)nc3cc(-c4ccc(F)c5sc(N)c(C#N)c45)c(F)cc23)C1C. The molecule has 9 nitrogen and oxygen atoms in total. The molecule has 0 saturated carbocycles. The number of carbonyl (C=O) groups is 1. The van der Waals surface area contributed by atoms with E-state index in [4.69, 9.17) is 20.4 Å². The van der Waals surface area contributed by atoms with Gasteiger partial charge in [-0.05, 0) is 62.6 Å². The summed E-state index contributed by atoms with van der Waals surface area (Å²) in [7, 11) is 1.85. The van der Waals surface area contributed by atoms with E-state index in [1.165, 1.54) is 24.3 Å². The Bertz CT molecular complexity index is 1980. The van der Waals surface area contributed by atoms with Crippen molar-refractivity contribution < 1.29 is 22.7 Å². The summed E-state index contributed by atoms with van der Waals surface area (Å²) in [5.74, 6) is -0.922.